The number of amides is 3. The molecule has 142 valence electrons. The first-order chi connectivity index (χ1) is 12.4. The van der Waals surface area contributed by atoms with Crippen LogP contribution in [0.5, 0.6) is 0 Å². The molecule has 0 aliphatic carbocycles. The van der Waals surface area contributed by atoms with Gasteiger partial charge in [-0.15, -0.1) is 0 Å². The standard InChI is InChI=1S/C15H21N5O5S/c21-11-14(22)18-5-7-19(8-6-18)15(23)17-13-3-2-12(10-16-13)20-4-1-9-26(20,24)25/h2-3,10,21H,1,4-9,11H2,(H,16,17,23). The van der Waals surface area contributed by atoms with Gasteiger partial charge in [0.15, 0.2) is 0 Å². The summed E-state index contributed by atoms with van der Waals surface area (Å²) in [7, 11) is -3.26. The summed E-state index contributed by atoms with van der Waals surface area (Å²) in [6, 6.07) is 2.84. The zero-order valence-electron chi connectivity index (χ0n) is 14.2. The molecule has 1 aromatic heterocycles. The smallest absolute Gasteiger partial charge is 0.323 e. The van der Waals surface area contributed by atoms with Crippen LogP contribution in [-0.4, -0.2) is 85.3 Å². The number of pyridine rings is 1. The van der Waals surface area contributed by atoms with Gasteiger partial charge in [0.05, 0.1) is 17.6 Å². The van der Waals surface area contributed by atoms with Crippen molar-refractivity contribution >= 4 is 33.5 Å². The number of carbonyl (C=O) groups is 2. The topological polar surface area (TPSA) is 123 Å². The van der Waals surface area contributed by atoms with Gasteiger partial charge in [-0.2, -0.15) is 0 Å². The van der Waals surface area contributed by atoms with E-state index in [1.807, 2.05) is 0 Å². The maximum atomic E-state index is 12.3. The predicted molar refractivity (Wildman–Crippen MR) is 94.2 cm³/mol. The fourth-order valence-electron chi connectivity index (χ4n) is 2.98. The van der Waals surface area contributed by atoms with E-state index in [0.29, 0.717) is 50.6 Å². The van der Waals surface area contributed by atoms with Crippen LogP contribution in [0.15, 0.2) is 18.3 Å². The molecule has 0 bridgehead atoms. The lowest BCUT2D eigenvalue weighted by atomic mass is 10.3. The molecular weight excluding hydrogens is 362 g/mol. The minimum absolute atomic E-state index is 0.135. The predicted octanol–water partition coefficient (Wildman–Crippen LogP) is -0.710. The molecule has 0 aromatic carbocycles. The van der Waals surface area contributed by atoms with E-state index in [4.69, 9.17) is 5.11 Å². The summed E-state index contributed by atoms with van der Waals surface area (Å²) in [5.41, 5.74) is 0.483. The highest BCUT2D eigenvalue weighted by molar-refractivity contribution is 7.93. The van der Waals surface area contributed by atoms with E-state index in [2.05, 4.69) is 10.3 Å². The van der Waals surface area contributed by atoms with Gasteiger partial charge in [-0.3, -0.25) is 14.4 Å². The second-order valence-corrected chi connectivity index (χ2v) is 8.11. The molecule has 2 aliphatic heterocycles. The van der Waals surface area contributed by atoms with Gasteiger partial charge in [0.25, 0.3) is 0 Å². The van der Waals surface area contributed by atoms with Crippen LogP contribution in [0.2, 0.25) is 0 Å². The van der Waals surface area contributed by atoms with E-state index < -0.39 is 16.6 Å². The number of urea groups is 1. The van der Waals surface area contributed by atoms with Gasteiger partial charge in [-0.05, 0) is 18.6 Å². The lowest BCUT2D eigenvalue weighted by Gasteiger charge is -2.34. The molecule has 11 heteroatoms. The molecule has 2 fully saturated rings. The third-order valence-corrected chi connectivity index (χ3v) is 6.29. The minimum atomic E-state index is -3.26. The summed E-state index contributed by atoms with van der Waals surface area (Å²) in [4.78, 5) is 30.9. The third-order valence-electron chi connectivity index (χ3n) is 4.42. The SMILES string of the molecule is O=C(CO)N1CCN(C(=O)Nc2ccc(N3CCCS3(=O)=O)cn2)CC1. The van der Waals surface area contributed by atoms with E-state index in [1.165, 1.54) is 15.4 Å². The Morgan fingerprint density at radius 3 is 2.35 bits per heavy atom. The highest BCUT2D eigenvalue weighted by Gasteiger charge is 2.29. The van der Waals surface area contributed by atoms with Crippen molar-refractivity contribution in [2.45, 2.75) is 6.42 Å². The van der Waals surface area contributed by atoms with E-state index in [-0.39, 0.29) is 17.7 Å². The summed E-state index contributed by atoms with van der Waals surface area (Å²) in [6.07, 6.45) is 2.02. The second-order valence-electron chi connectivity index (χ2n) is 6.10. The molecule has 3 amide bonds. The number of piperazine rings is 1. The van der Waals surface area contributed by atoms with Crippen molar-refractivity contribution in [2.75, 3.05) is 54.7 Å². The maximum Gasteiger partial charge on any atom is 0.323 e. The molecule has 3 heterocycles. The number of sulfonamides is 1. The first kappa shape index (κ1) is 18.4. The van der Waals surface area contributed by atoms with Crippen LogP contribution in [0.3, 0.4) is 0 Å². The van der Waals surface area contributed by atoms with Crippen molar-refractivity contribution in [1.29, 1.82) is 0 Å². The van der Waals surface area contributed by atoms with Gasteiger partial charge in [0.1, 0.15) is 12.4 Å². The normalized spacial score (nSPS) is 19.5. The highest BCUT2D eigenvalue weighted by Crippen LogP contribution is 2.24. The Labute approximate surface area is 151 Å². The first-order valence-electron chi connectivity index (χ1n) is 8.32. The Morgan fingerprint density at radius 2 is 1.81 bits per heavy atom. The first-order valence-corrected chi connectivity index (χ1v) is 9.92. The van der Waals surface area contributed by atoms with Gasteiger partial charge >= 0.3 is 6.03 Å². The molecule has 0 spiro atoms. The monoisotopic (exact) mass is 383 g/mol. The van der Waals surface area contributed by atoms with E-state index in [0.717, 1.165) is 0 Å². The van der Waals surface area contributed by atoms with Crippen molar-refractivity contribution in [3.8, 4) is 0 Å². The molecular formula is C15H21N5O5S. The van der Waals surface area contributed by atoms with Gasteiger partial charge in [-0.1, -0.05) is 0 Å². The number of hydrogen-bond donors (Lipinski definition) is 2. The summed E-state index contributed by atoms with van der Waals surface area (Å²) in [5.74, 6) is 0.111. The van der Waals surface area contributed by atoms with E-state index >= 15 is 0 Å². The quantitative estimate of drug-likeness (QED) is 0.711. The van der Waals surface area contributed by atoms with Crippen molar-refractivity contribution < 1.29 is 23.1 Å². The molecule has 0 radical (unpaired) electrons. The largest absolute Gasteiger partial charge is 0.387 e. The number of aromatic nitrogens is 1. The van der Waals surface area contributed by atoms with E-state index in [1.54, 1.807) is 17.0 Å². The number of anilines is 2. The molecule has 26 heavy (non-hydrogen) atoms. The number of aliphatic hydroxyl groups is 1. The highest BCUT2D eigenvalue weighted by atomic mass is 32.2. The van der Waals surface area contributed by atoms with Gasteiger partial charge in [0.2, 0.25) is 15.9 Å². The molecule has 0 atom stereocenters. The van der Waals surface area contributed by atoms with Gasteiger partial charge in [0, 0.05) is 32.7 Å². The fourth-order valence-corrected chi connectivity index (χ4v) is 4.54. The Kier molecular flexibility index (Phi) is 5.28. The number of nitrogens with one attached hydrogen (secondary N) is 1. The molecule has 0 saturated carbocycles. The third kappa shape index (κ3) is 3.88. The molecule has 10 nitrogen and oxygen atoms in total. The Bertz CT molecular complexity index is 774. The summed E-state index contributed by atoms with van der Waals surface area (Å²) in [5, 5.41) is 11.5. The van der Waals surface area contributed by atoms with E-state index in [9.17, 15) is 18.0 Å². The van der Waals surface area contributed by atoms with Gasteiger partial charge in [-0.25, -0.2) is 18.2 Å². The van der Waals surface area contributed by atoms with Crippen LogP contribution in [-0.2, 0) is 14.8 Å². The zero-order chi connectivity index (χ0) is 18.7. The van der Waals surface area contributed by atoms with Crippen molar-refractivity contribution in [3.63, 3.8) is 0 Å². The summed E-state index contributed by atoms with van der Waals surface area (Å²) >= 11 is 0. The Morgan fingerprint density at radius 1 is 1.12 bits per heavy atom. The molecule has 0 unspecified atom stereocenters. The van der Waals surface area contributed by atoms with Crippen molar-refractivity contribution in [2.24, 2.45) is 0 Å². The number of aliphatic hydroxyl groups excluding tert-OH is 1. The second kappa shape index (κ2) is 7.46. The van der Waals surface area contributed by atoms with Crippen LogP contribution < -0.4 is 9.62 Å². The van der Waals surface area contributed by atoms with Crippen LogP contribution in [0, 0.1) is 0 Å². The average molecular weight is 383 g/mol. The van der Waals surface area contributed by atoms with Crippen LogP contribution in [0.1, 0.15) is 6.42 Å². The number of rotatable bonds is 3. The molecule has 2 saturated heterocycles. The van der Waals surface area contributed by atoms with Crippen molar-refractivity contribution in [3.05, 3.63) is 18.3 Å². The lowest BCUT2D eigenvalue weighted by molar-refractivity contribution is -0.135. The van der Waals surface area contributed by atoms with Crippen LogP contribution in [0.4, 0.5) is 16.3 Å². The molecule has 3 rings (SSSR count). The Balaban J connectivity index is 1.56. The fraction of sp³-hybridized carbons (Fsp3) is 0.533. The van der Waals surface area contributed by atoms with Crippen molar-refractivity contribution in [1.82, 2.24) is 14.8 Å². The molecule has 2 N–H and O–H groups in total. The average Bonchev–Trinajstić information content (AvgIpc) is 3.01. The summed E-state index contributed by atoms with van der Waals surface area (Å²) < 4.78 is 25.1. The van der Waals surface area contributed by atoms with Gasteiger partial charge < -0.3 is 14.9 Å². The number of hydrogen-bond acceptors (Lipinski definition) is 6. The maximum absolute atomic E-state index is 12.3. The Hall–Kier alpha value is -2.40. The molecule has 2 aliphatic rings. The van der Waals surface area contributed by atoms with Crippen LogP contribution in [0.25, 0.3) is 0 Å². The minimum Gasteiger partial charge on any atom is -0.387 e. The molecule has 1 aromatic rings. The lowest BCUT2D eigenvalue weighted by Crippen LogP contribution is -2.52. The zero-order valence-corrected chi connectivity index (χ0v) is 15.0. The number of carbonyl (C=O) groups excluding carboxylic acids is 2. The number of nitrogens with zero attached hydrogens (tertiary/aromatic N) is 4. The van der Waals surface area contributed by atoms with Crippen LogP contribution >= 0.6 is 0 Å². The summed E-state index contributed by atoms with van der Waals surface area (Å²) in [6.45, 7) is 1.36.